The normalized spacial score (nSPS) is 14.0. The molecule has 1 fully saturated rings. The van der Waals surface area contributed by atoms with E-state index in [-0.39, 0.29) is 41.2 Å². The van der Waals surface area contributed by atoms with E-state index in [0.29, 0.717) is 16.9 Å². The lowest BCUT2D eigenvalue weighted by molar-refractivity contribution is -0.122. The summed E-state index contributed by atoms with van der Waals surface area (Å²) in [5.41, 5.74) is 1.96. The highest BCUT2D eigenvalue weighted by molar-refractivity contribution is 6.31. The largest absolute Gasteiger partial charge is 0.465 e. The van der Waals surface area contributed by atoms with Crippen LogP contribution < -0.4 is 15.5 Å². The van der Waals surface area contributed by atoms with Gasteiger partial charge in [-0.25, -0.2) is 14.2 Å². The van der Waals surface area contributed by atoms with Gasteiger partial charge in [0.2, 0.25) is 5.91 Å². The quantitative estimate of drug-likeness (QED) is 0.406. The molecular weight excluding hydrogens is 523 g/mol. The van der Waals surface area contributed by atoms with Crippen molar-refractivity contribution in [3.8, 4) is 0 Å². The molecule has 1 aliphatic heterocycles. The van der Waals surface area contributed by atoms with Gasteiger partial charge in [-0.15, -0.1) is 0 Å². The summed E-state index contributed by atoms with van der Waals surface area (Å²) in [7, 11) is 2.75. The molecule has 2 amide bonds. The summed E-state index contributed by atoms with van der Waals surface area (Å²) < 4.78 is 19.2. The Hall–Kier alpha value is -3.98. The molecule has 204 valence electrons. The molecular formula is C29H30ClFN4O4. The number of aromatic nitrogens is 1. The van der Waals surface area contributed by atoms with E-state index < -0.39 is 23.1 Å². The minimum Gasteiger partial charge on any atom is -0.465 e. The smallest absolute Gasteiger partial charge is 0.339 e. The zero-order valence-electron chi connectivity index (χ0n) is 22.4. The average molecular weight is 553 g/mol. The Morgan fingerprint density at radius 1 is 1.13 bits per heavy atom. The van der Waals surface area contributed by atoms with Crippen LogP contribution in [0.25, 0.3) is 0 Å². The minimum absolute atomic E-state index is 0.0255. The number of methoxy groups -OCH3 is 1. The number of nitrogens with zero attached hydrogens (tertiary/aromatic N) is 2. The fourth-order valence-electron chi connectivity index (χ4n) is 4.89. The number of rotatable bonds is 7. The first-order chi connectivity index (χ1) is 18.5. The molecule has 10 heteroatoms. The predicted octanol–water partition coefficient (Wildman–Crippen LogP) is 4.85. The Labute approximate surface area is 231 Å². The van der Waals surface area contributed by atoms with Crippen molar-refractivity contribution in [2.24, 2.45) is 0 Å². The van der Waals surface area contributed by atoms with Crippen LogP contribution in [0.5, 0.6) is 0 Å². The monoisotopic (exact) mass is 552 g/mol. The number of halogens is 2. The second-order valence-electron chi connectivity index (χ2n) is 9.87. The van der Waals surface area contributed by atoms with Gasteiger partial charge in [-0.1, -0.05) is 49.7 Å². The molecule has 1 aromatic heterocycles. The van der Waals surface area contributed by atoms with Gasteiger partial charge in [0.15, 0.2) is 0 Å². The van der Waals surface area contributed by atoms with E-state index in [1.807, 2.05) is 29.2 Å². The summed E-state index contributed by atoms with van der Waals surface area (Å²) in [5, 5.41) is 5.08. The summed E-state index contributed by atoms with van der Waals surface area (Å²) in [5.74, 6) is -1.39. The van der Waals surface area contributed by atoms with Crippen LogP contribution in [0.4, 0.5) is 15.9 Å². The number of pyridine rings is 1. The Balaban J connectivity index is 1.74. The Bertz CT molecular complexity index is 1450. The third-order valence-corrected chi connectivity index (χ3v) is 7.35. The zero-order chi connectivity index (χ0) is 28.5. The summed E-state index contributed by atoms with van der Waals surface area (Å²) >= 11 is 5.93. The number of amides is 2. The average Bonchev–Trinajstić information content (AvgIpc) is 2.89. The molecule has 0 unspecified atom stereocenters. The van der Waals surface area contributed by atoms with Gasteiger partial charge in [-0.2, -0.15) is 0 Å². The van der Waals surface area contributed by atoms with E-state index in [4.69, 9.17) is 16.3 Å². The second-order valence-corrected chi connectivity index (χ2v) is 10.3. The van der Waals surface area contributed by atoms with Crippen molar-refractivity contribution in [1.29, 1.82) is 0 Å². The van der Waals surface area contributed by atoms with E-state index in [0.717, 1.165) is 17.2 Å². The molecule has 0 radical (unpaired) electrons. The summed E-state index contributed by atoms with van der Waals surface area (Å²) in [6.45, 7) is 6.45. The van der Waals surface area contributed by atoms with Crippen molar-refractivity contribution in [2.75, 3.05) is 37.5 Å². The summed E-state index contributed by atoms with van der Waals surface area (Å²) in [6, 6.07) is 11.7. The van der Waals surface area contributed by atoms with Crippen LogP contribution in [0, 0.1) is 12.7 Å². The van der Waals surface area contributed by atoms with Crippen molar-refractivity contribution >= 4 is 40.9 Å². The maximum atomic E-state index is 14.4. The number of carbonyl (C=O) groups excluding carboxylic acids is 3. The van der Waals surface area contributed by atoms with Gasteiger partial charge < -0.3 is 20.3 Å². The number of anilines is 2. The van der Waals surface area contributed by atoms with Gasteiger partial charge in [0.05, 0.1) is 28.9 Å². The second kappa shape index (κ2) is 11.0. The van der Waals surface area contributed by atoms with Gasteiger partial charge in [-0.3, -0.25) is 9.59 Å². The lowest BCUT2D eigenvalue weighted by atomic mass is 9.69. The molecule has 0 aliphatic carbocycles. The molecule has 2 heterocycles. The van der Waals surface area contributed by atoms with Crippen molar-refractivity contribution in [3.63, 3.8) is 0 Å². The molecule has 4 rings (SSSR count). The minimum atomic E-state index is -1.02. The number of aryl methyl sites for hydroxylation is 1. The lowest BCUT2D eigenvalue weighted by Gasteiger charge is -2.50. The Kier molecular flexibility index (Phi) is 7.92. The maximum absolute atomic E-state index is 14.4. The van der Waals surface area contributed by atoms with E-state index in [9.17, 15) is 18.8 Å². The molecule has 39 heavy (non-hydrogen) atoms. The first kappa shape index (κ1) is 28.0. The Morgan fingerprint density at radius 3 is 2.44 bits per heavy atom. The molecule has 0 atom stereocenters. The number of esters is 1. The SMILES string of the molecule is CNC(=O)c1cc(Cl)c(F)cc1NC(=O)C1(c2ccccc2C(C)C)CN(c2cc(C)c(C(=O)OC)cn2)C1. The highest BCUT2D eigenvalue weighted by Gasteiger charge is 2.52. The van der Waals surface area contributed by atoms with E-state index >= 15 is 0 Å². The van der Waals surface area contributed by atoms with Crippen LogP contribution in [0.1, 0.15) is 57.2 Å². The van der Waals surface area contributed by atoms with E-state index in [1.165, 1.54) is 26.4 Å². The van der Waals surface area contributed by atoms with Gasteiger partial charge in [-0.05, 0) is 47.7 Å². The molecule has 0 saturated carbocycles. The molecule has 2 N–H and O–H groups in total. The molecule has 3 aromatic rings. The zero-order valence-corrected chi connectivity index (χ0v) is 23.1. The van der Waals surface area contributed by atoms with Crippen LogP contribution in [0.2, 0.25) is 5.02 Å². The van der Waals surface area contributed by atoms with Crippen molar-refractivity contribution in [3.05, 3.63) is 87.3 Å². The number of nitrogens with one attached hydrogen (secondary N) is 2. The molecule has 0 bridgehead atoms. The third-order valence-electron chi connectivity index (χ3n) is 7.06. The number of ether oxygens (including phenoxy) is 1. The first-order valence-electron chi connectivity index (χ1n) is 12.4. The van der Waals surface area contributed by atoms with Crippen LogP contribution in [-0.2, 0) is 14.9 Å². The number of benzene rings is 2. The van der Waals surface area contributed by atoms with E-state index in [2.05, 4.69) is 29.5 Å². The van der Waals surface area contributed by atoms with Gasteiger partial charge in [0.1, 0.15) is 17.1 Å². The van der Waals surface area contributed by atoms with Crippen molar-refractivity contribution in [1.82, 2.24) is 10.3 Å². The van der Waals surface area contributed by atoms with Gasteiger partial charge in [0, 0.05) is 26.3 Å². The predicted molar refractivity (Wildman–Crippen MR) is 148 cm³/mol. The molecule has 1 aliphatic rings. The summed E-state index contributed by atoms with van der Waals surface area (Å²) in [4.78, 5) is 44.9. The number of carbonyl (C=O) groups is 3. The maximum Gasteiger partial charge on any atom is 0.339 e. The topological polar surface area (TPSA) is 101 Å². The highest BCUT2D eigenvalue weighted by Crippen LogP contribution is 2.42. The van der Waals surface area contributed by atoms with Crippen LogP contribution >= 0.6 is 11.6 Å². The summed E-state index contributed by atoms with van der Waals surface area (Å²) in [6.07, 6.45) is 1.46. The molecule has 8 nitrogen and oxygen atoms in total. The fourth-order valence-corrected chi connectivity index (χ4v) is 5.06. The van der Waals surface area contributed by atoms with Gasteiger partial charge in [0.25, 0.3) is 5.91 Å². The molecule has 1 saturated heterocycles. The lowest BCUT2D eigenvalue weighted by Crippen LogP contribution is -2.66. The number of hydrogen-bond acceptors (Lipinski definition) is 6. The van der Waals surface area contributed by atoms with Crippen LogP contribution in [0.15, 0.2) is 48.7 Å². The van der Waals surface area contributed by atoms with E-state index in [1.54, 1.807) is 13.0 Å². The highest BCUT2D eigenvalue weighted by atomic mass is 35.5. The van der Waals surface area contributed by atoms with Gasteiger partial charge >= 0.3 is 5.97 Å². The molecule has 2 aromatic carbocycles. The number of hydrogen-bond donors (Lipinski definition) is 2. The third kappa shape index (κ3) is 5.18. The van der Waals surface area contributed by atoms with Crippen LogP contribution in [0.3, 0.4) is 0 Å². The van der Waals surface area contributed by atoms with Crippen LogP contribution in [-0.4, -0.2) is 50.0 Å². The van der Waals surface area contributed by atoms with Crippen molar-refractivity contribution in [2.45, 2.75) is 32.1 Å². The first-order valence-corrected chi connectivity index (χ1v) is 12.8. The van der Waals surface area contributed by atoms with Crippen molar-refractivity contribution < 1.29 is 23.5 Å². The Morgan fingerprint density at radius 2 is 1.82 bits per heavy atom. The standard InChI is InChI=1S/C29H30ClFN4O4/c1-16(2)18-8-6-7-9-21(18)29(14-35(15-29)25-10-17(3)20(13-33-25)27(37)39-5)28(38)34-24-12-23(31)22(30)11-19(24)26(36)32-4/h6-13,16H,14-15H2,1-5H3,(H,32,36)(H,34,38). The fraction of sp³-hybridized carbons (Fsp3) is 0.310. The molecule has 0 spiro atoms.